The summed E-state index contributed by atoms with van der Waals surface area (Å²) in [5.41, 5.74) is 13.2. The van der Waals surface area contributed by atoms with Crippen LogP contribution < -0.4 is 4.90 Å². The van der Waals surface area contributed by atoms with Crippen LogP contribution in [-0.4, -0.2) is 4.57 Å². The van der Waals surface area contributed by atoms with Crippen LogP contribution in [-0.2, 0) is 0 Å². The Hall–Kier alpha value is -7.88. The standard InChI is InChI=1S/C56H36N2O/c1-2-12-42(13-3-1)58-53-19-8-6-15-48(53)52-35-41(28-34-54(52)58)37-23-29-43(30-24-37)57(45-33-27-40-22-21-38-11-4-5-14-46(38)51(40)36-45)44-31-25-39(26-32-44)47-17-10-18-50-49-16-7-9-20-55(49)59-56(47)50/h1-36H. The SMILES string of the molecule is c1ccc(-n2c3ccccc3c3cc(-c4ccc(N(c5ccc(-c6cccc7c6oc6ccccc67)cc5)c5ccc6ccc7ccccc7c6c5)cc4)ccc32)cc1. The number of hydrogen-bond acceptors (Lipinski definition) is 2. The number of nitrogens with zero attached hydrogens (tertiary/aromatic N) is 2. The highest BCUT2D eigenvalue weighted by atomic mass is 16.3. The van der Waals surface area contributed by atoms with Crippen LogP contribution in [0.2, 0.25) is 0 Å². The minimum Gasteiger partial charge on any atom is -0.455 e. The van der Waals surface area contributed by atoms with Crippen LogP contribution in [0.1, 0.15) is 0 Å². The summed E-state index contributed by atoms with van der Waals surface area (Å²) >= 11 is 0. The minimum atomic E-state index is 0.906. The quantitative estimate of drug-likeness (QED) is 0.158. The molecule has 59 heavy (non-hydrogen) atoms. The van der Waals surface area contributed by atoms with E-state index in [0.717, 1.165) is 55.8 Å². The van der Waals surface area contributed by atoms with E-state index in [1.165, 1.54) is 54.5 Å². The fraction of sp³-hybridized carbons (Fsp3) is 0. The van der Waals surface area contributed by atoms with Gasteiger partial charge in [-0.3, -0.25) is 0 Å². The molecule has 3 heteroatoms. The van der Waals surface area contributed by atoms with Gasteiger partial charge in [0.05, 0.1) is 11.0 Å². The van der Waals surface area contributed by atoms with Gasteiger partial charge in [-0.15, -0.1) is 0 Å². The second-order valence-corrected chi connectivity index (χ2v) is 15.3. The van der Waals surface area contributed by atoms with Gasteiger partial charge in [-0.05, 0) is 111 Å². The van der Waals surface area contributed by atoms with Crippen LogP contribution in [0, 0.1) is 0 Å². The maximum Gasteiger partial charge on any atom is 0.143 e. The van der Waals surface area contributed by atoms with E-state index >= 15 is 0 Å². The van der Waals surface area contributed by atoms with E-state index in [-0.39, 0.29) is 0 Å². The van der Waals surface area contributed by atoms with Crippen molar-refractivity contribution in [2.45, 2.75) is 0 Å². The summed E-state index contributed by atoms with van der Waals surface area (Å²) in [4.78, 5) is 2.37. The van der Waals surface area contributed by atoms with Crippen molar-refractivity contribution in [1.82, 2.24) is 4.57 Å². The zero-order valence-electron chi connectivity index (χ0n) is 32.1. The van der Waals surface area contributed by atoms with Gasteiger partial charge in [-0.25, -0.2) is 0 Å². The summed E-state index contributed by atoms with van der Waals surface area (Å²) in [5.74, 6) is 0. The van der Waals surface area contributed by atoms with Crippen LogP contribution in [0.3, 0.4) is 0 Å². The van der Waals surface area contributed by atoms with E-state index in [1.54, 1.807) is 0 Å². The molecule has 2 aromatic heterocycles. The van der Waals surface area contributed by atoms with E-state index in [0.29, 0.717) is 0 Å². The summed E-state index contributed by atoms with van der Waals surface area (Å²) in [5, 5.41) is 9.71. The third kappa shape index (κ3) is 5.44. The number of benzene rings is 10. The highest BCUT2D eigenvalue weighted by Gasteiger charge is 2.18. The number of furan rings is 1. The van der Waals surface area contributed by atoms with Crippen molar-refractivity contribution in [1.29, 1.82) is 0 Å². The molecule has 0 atom stereocenters. The van der Waals surface area contributed by atoms with Crippen molar-refractivity contribution in [3.8, 4) is 27.9 Å². The van der Waals surface area contributed by atoms with Gasteiger partial charge < -0.3 is 13.9 Å². The summed E-state index contributed by atoms with van der Waals surface area (Å²) in [6, 6.07) is 78.7. The molecule has 2 heterocycles. The number of rotatable bonds is 6. The van der Waals surface area contributed by atoms with E-state index in [1.807, 2.05) is 12.1 Å². The molecular formula is C56H36N2O. The molecule has 12 rings (SSSR count). The molecule has 0 aliphatic rings. The highest BCUT2D eigenvalue weighted by Crippen LogP contribution is 2.42. The van der Waals surface area contributed by atoms with Crippen LogP contribution in [0.4, 0.5) is 17.1 Å². The Bertz CT molecular complexity index is 3540. The van der Waals surface area contributed by atoms with Gasteiger partial charge in [0.1, 0.15) is 11.2 Å². The Labute approximate surface area is 341 Å². The molecule has 0 unspecified atom stereocenters. The predicted molar refractivity (Wildman–Crippen MR) is 249 cm³/mol. The Morgan fingerprint density at radius 2 is 0.932 bits per heavy atom. The number of anilines is 3. The van der Waals surface area contributed by atoms with Crippen molar-refractivity contribution >= 4 is 82.4 Å². The summed E-state index contributed by atoms with van der Waals surface area (Å²) in [6.07, 6.45) is 0. The molecule has 0 radical (unpaired) electrons. The van der Waals surface area contributed by atoms with E-state index in [9.17, 15) is 0 Å². The van der Waals surface area contributed by atoms with Gasteiger partial charge in [0.2, 0.25) is 0 Å². The fourth-order valence-corrected chi connectivity index (χ4v) is 9.15. The van der Waals surface area contributed by atoms with Crippen molar-refractivity contribution in [3.63, 3.8) is 0 Å². The fourth-order valence-electron chi connectivity index (χ4n) is 9.15. The number of hydrogen-bond donors (Lipinski definition) is 0. The average molecular weight is 753 g/mol. The third-order valence-electron chi connectivity index (χ3n) is 12.0. The van der Waals surface area contributed by atoms with Crippen LogP contribution in [0.25, 0.3) is 93.2 Å². The first-order valence-corrected chi connectivity index (χ1v) is 20.2. The van der Waals surface area contributed by atoms with Crippen LogP contribution in [0.15, 0.2) is 223 Å². The first-order chi connectivity index (χ1) is 29.2. The Morgan fingerprint density at radius 1 is 0.339 bits per heavy atom. The lowest BCUT2D eigenvalue weighted by atomic mass is 9.99. The van der Waals surface area contributed by atoms with E-state index < -0.39 is 0 Å². The first kappa shape index (κ1) is 33.3. The lowest BCUT2D eigenvalue weighted by molar-refractivity contribution is 0.670. The maximum atomic E-state index is 6.43. The second-order valence-electron chi connectivity index (χ2n) is 15.3. The summed E-state index contributed by atoms with van der Waals surface area (Å²) in [6.45, 7) is 0. The zero-order chi connectivity index (χ0) is 38.9. The smallest absolute Gasteiger partial charge is 0.143 e. The molecule has 0 fully saturated rings. The molecule has 3 nitrogen and oxygen atoms in total. The second kappa shape index (κ2) is 13.4. The van der Waals surface area contributed by atoms with E-state index in [2.05, 4.69) is 216 Å². The van der Waals surface area contributed by atoms with Gasteiger partial charge in [-0.1, -0.05) is 146 Å². The molecule has 0 N–H and O–H groups in total. The van der Waals surface area contributed by atoms with Crippen molar-refractivity contribution in [2.75, 3.05) is 4.90 Å². The summed E-state index contributed by atoms with van der Waals surface area (Å²) in [7, 11) is 0. The van der Waals surface area contributed by atoms with Crippen LogP contribution >= 0.6 is 0 Å². The molecule has 0 saturated heterocycles. The largest absolute Gasteiger partial charge is 0.455 e. The predicted octanol–water partition coefficient (Wildman–Crippen LogP) is 15.8. The first-order valence-electron chi connectivity index (χ1n) is 20.2. The normalized spacial score (nSPS) is 11.7. The Balaban J connectivity index is 0.972. The molecular weight excluding hydrogens is 717 g/mol. The minimum absolute atomic E-state index is 0.906. The monoisotopic (exact) mass is 752 g/mol. The van der Waals surface area contributed by atoms with Gasteiger partial charge in [0, 0.05) is 49.9 Å². The Morgan fingerprint density at radius 3 is 1.75 bits per heavy atom. The summed E-state index contributed by atoms with van der Waals surface area (Å²) < 4.78 is 8.80. The topological polar surface area (TPSA) is 21.3 Å². The van der Waals surface area contributed by atoms with E-state index in [4.69, 9.17) is 4.42 Å². The molecule has 0 aliphatic carbocycles. The molecule has 12 aromatic rings. The molecule has 0 spiro atoms. The average Bonchev–Trinajstić information content (AvgIpc) is 3.86. The van der Waals surface area contributed by atoms with Crippen molar-refractivity contribution in [3.05, 3.63) is 218 Å². The maximum absolute atomic E-state index is 6.43. The molecule has 276 valence electrons. The molecule has 0 saturated carbocycles. The third-order valence-corrected chi connectivity index (χ3v) is 12.0. The van der Waals surface area contributed by atoms with Gasteiger partial charge >= 0.3 is 0 Å². The number of fused-ring (bicyclic) bond motifs is 9. The Kier molecular flexibility index (Phi) is 7.54. The number of aromatic nitrogens is 1. The lowest BCUT2D eigenvalue weighted by Gasteiger charge is -2.26. The number of para-hydroxylation sites is 4. The molecule has 0 aliphatic heterocycles. The highest BCUT2D eigenvalue weighted by molar-refractivity contribution is 6.12. The lowest BCUT2D eigenvalue weighted by Crippen LogP contribution is -2.09. The van der Waals surface area contributed by atoms with Crippen molar-refractivity contribution < 1.29 is 4.42 Å². The zero-order valence-corrected chi connectivity index (χ0v) is 32.1. The van der Waals surface area contributed by atoms with Gasteiger partial charge in [0.25, 0.3) is 0 Å². The van der Waals surface area contributed by atoms with Gasteiger partial charge in [-0.2, -0.15) is 0 Å². The van der Waals surface area contributed by atoms with Gasteiger partial charge in [0.15, 0.2) is 0 Å². The molecule has 10 aromatic carbocycles. The molecule has 0 amide bonds. The van der Waals surface area contributed by atoms with Crippen LogP contribution in [0.5, 0.6) is 0 Å². The van der Waals surface area contributed by atoms with Crippen molar-refractivity contribution in [2.24, 2.45) is 0 Å². The molecule has 0 bridgehead atoms.